The average molecular weight is 855 g/mol. The fourth-order valence-corrected chi connectivity index (χ4v) is 10.2. The minimum atomic E-state index is 0.861. The standard InChI is InChI=1S/C64H42N2O/c1-2-14-48-42-51(32-31-43(48)13-1)50-16-11-15-49(41-50)46-29-27-44(28-30-46)45-33-37-52(38-34-45)65(61-24-12-26-63-64(61)57-20-6-10-25-62(57)67-63)53-39-35-47(36-40-53)54-17-3-7-21-58(54)66-59-22-8-4-18-55(59)56-19-5-9-23-60(56)66/h1-42H. The highest BCUT2D eigenvalue weighted by Gasteiger charge is 2.21. The minimum Gasteiger partial charge on any atom is -0.456 e. The Bertz CT molecular complexity index is 3920. The largest absolute Gasteiger partial charge is 0.456 e. The van der Waals surface area contributed by atoms with E-state index in [4.69, 9.17) is 4.42 Å². The molecule has 11 aromatic carbocycles. The van der Waals surface area contributed by atoms with Gasteiger partial charge < -0.3 is 13.9 Å². The molecule has 3 heteroatoms. The van der Waals surface area contributed by atoms with E-state index in [0.29, 0.717) is 0 Å². The number of benzene rings is 11. The molecule has 2 heterocycles. The molecule has 13 aromatic rings. The Kier molecular flexibility index (Phi) is 9.17. The SMILES string of the molecule is c1cc(-c2ccc(-c3ccc(N(c4ccc(-c5ccccc5-n5c6ccccc6c6ccccc65)cc4)c4cccc5oc6ccccc6c45)cc3)cc2)cc(-c2ccc3ccccc3c2)c1. The summed E-state index contributed by atoms with van der Waals surface area (Å²) in [4.78, 5) is 2.36. The van der Waals surface area contributed by atoms with Crippen LogP contribution in [-0.2, 0) is 0 Å². The number of fused-ring (bicyclic) bond motifs is 7. The lowest BCUT2D eigenvalue weighted by atomic mass is 9.96. The Morgan fingerprint density at radius 1 is 0.313 bits per heavy atom. The van der Waals surface area contributed by atoms with Crippen LogP contribution < -0.4 is 4.90 Å². The Labute approximate surface area is 388 Å². The highest BCUT2D eigenvalue weighted by Crippen LogP contribution is 2.44. The van der Waals surface area contributed by atoms with Crippen molar-refractivity contribution < 1.29 is 4.42 Å². The second-order valence-electron chi connectivity index (χ2n) is 17.3. The van der Waals surface area contributed by atoms with E-state index in [1.807, 2.05) is 6.07 Å². The van der Waals surface area contributed by atoms with Crippen LogP contribution in [0.3, 0.4) is 0 Å². The first kappa shape index (κ1) is 38.5. The molecule has 0 amide bonds. The highest BCUT2D eigenvalue weighted by molar-refractivity contribution is 6.13. The van der Waals surface area contributed by atoms with Crippen LogP contribution >= 0.6 is 0 Å². The van der Waals surface area contributed by atoms with Crippen LogP contribution in [0, 0.1) is 0 Å². The zero-order chi connectivity index (χ0) is 44.3. The number of rotatable bonds is 8. The summed E-state index contributed by atoms with van der Waals surface area (Å²) < 4.78 is 8.84. The van der Waals surface area contributed by atoms with Gasteiger partial charge in [0.2, 0.25) is 0 Å². The molecule has 67 heavy (non-hydrogen) atoms. The summed E-state index contributed by atoms with van der Waals surface area (Å²) in [6.07, 6.45) is 0. The Morgan fingerprint density at radius 3 is 1.52 bits per heavy atom. The van der Waals surface area contributed by atoms with E-state index in [1.165, 1.54) is 66.0 Å². The first-order valence-corrected chi connectivity index (χ1v) is 22.9. The van der Waals surface area contributed by atoms with Gasteiger partial charge >= 0.3 is 0 Å². The van der Waals surface area contributed by atoms with Gasteiger partial charge in [-0.05, 0) is 123 Å². The zero-order valence-corrected chi connectivity index (χ0v) is 36.6. The predicted octanol–water partition coefficient (Wildman–Crippen LogP) is 18.0. The van der Waals surface area contributed by atoms with E-state index in [1.54, 1.807) is 0 Å². The van der Waals surface area contributed by atoms with Crippen LogP contribution in [0.2, 0.25) is 0 Å². The third-order valence-corrected chi connectivity index (χ3v) is 13.4. The van der Waals surface area contributed by atoms with Crippen molar-refractivity contribution in [3.8, 4) is 50.2 Å². The molecule has 0 N–H and O–H groups in total. The van der Waals surface area contributed by atoms with E-state index < -0.39 is 0 Å². The molecule has 3 nitrogen and oxygen atoms in total. The third-order valence-electron chi connectivity index (χ3n) is 13.4. The van der Waals surface area contributed by atoms with Gasteiger partial charge in [-0.3, -0.25) is 0 Å². The van der Waals surface area contributed by atoms with Crippen molar-refractivity contribution in [2.24, 2.45) is 0 Å². The number of aromatic nitrogens is 1. The molecule has 0 radical (unpaired) electrons. The molecule has 0 spiro atoms. The van der Waals surface area contributed by atoms with Crippen molar-refractivity contribution >= 4 is 71.6 Å². The summed E-state index contributed by atoms with van der Waals surface area (Å²) >= 11 is 0. The molecular weight excluding hydrogens is 813 g/mol. The minimum absolute atomic E-state index is 0.861. The predicted molar refractivity (Wildman–Crippen MR) is 282 cm³/mol. The number of hydrogen-bond acceptors (Lipinski definition) is 2. The first-order valence-electron chi connectivity index (χ1n) is 22.9. The molecule has 0 saturated carbocycles. The first-order chi connectivity index (χ1) is 33.2. The quantitative estimate of drug-likeness (QED) is 0.152. The number of nitrogens with zero attached hydrogens (tertiary/aromatic N) is 2. The maximum absolute atomic E-state index is 6.44. The second-order valence-corrected chi connectivity index (χ2v) is 17.3. The normalized spacial score (nSPS) is 11.6. The van der Waals surface area contributed by atoms with Gasteiger partial charge in [0.15, 0.2) is 0 Å². The maximum atomic E-state index is 6.44. The summed E-state index contributed by atoms with van der Waals surface area (Å²) in [7, 11) is 0. The van der Waals surface area contributed by atoms with Gasteiger partial charge in [-0.1, -0.05) is 182 Å². The molecule has 0 atom stereocenters. The summed E-state index contributed by atoms with van der Waals surface area (Å²) in [5, 5.41) is 7.19. The fraction of sp³-hybridized carbons (Fsp3) is 0. The van der Waals surface area contributed by atoms with Gasteiger partial charge in [0.05, 0.1) is 27.8 Å². The van der Waals surface area contributed by atoms with Crippen molar-refractivity contribution in [1.82, 2.24) is 4.57 Å². The molecule has 2 aromatic heterocycles. The monoisotopic (exact) mass is 854 g/mol. The molecule has 13 rings (SSSR count). The molecule has 0 bridgehead atoms. The molecule has 0 aliphatic carbocycles. The smallest absolute Gasteiger partial charge is 0.137 e. The van der Waals surface area contributed by atoms with Gasteiger partial charge in [-0.25, -0.2) is 0 Å². The Morgan fingerprint density at radius 2 is 0.806 bits per heavy atom. The van der Waals surface area contributed by atoms with Crippen molar-refractivity contribution in [1.29, 1.82) is 0 Å². The van der Waals surface area contributed by atoms with Crippen molar-refractivity contribution in [3.63, 3.8) is 0 Å². The van der Waals surface area contributed by atoms with E-state index in [-0.39, 0.29) is 0 Å². The second kappa shape index (κ2) is 16.0. The third kappa shape index (κ3) is 6.67. The zero-order valence-electron chi connectivity index (χ0n) is 36.6. The van der Waals surface area contributed by atoms with E-state index in [9.17, 15) is 0 Å². The molecular formula is C64H42N2O. The average Bonchev–Trinajstić information content (AvgIpc) is 3.96. The van der Waals surface area contributed by atoms with Crippen LogP contribution in [0.4, 0.5) is 17.1 Å². The molecule has 0 unspecified atom stereocenters. The topological polar surface area (TPSA) is 21.3 Å². The fourth-order valence-electron chi connectivity index (χ4n) is 10.2. The van der Waals surface area contributed by atoms with Gasteiger partial charge in [0.25, 0.3) is 0 Å². The van der Waals surface area contributed by atoms with Crippen LogP contribution in [0.25, 0.3) is 105 Å². The van der Waals surface area contributed by atoms with Gasteiger partial charge in [0.1, 0.15) is 11.2 Å². The lowest BCUT2D eigenvalue weighted by molar-refractivity contribution is 0.669. The van der Waals surface area contributed by atoms with Crippen molar-refractivity contribution in [3.05, 3.63) is 255 Å². The molecule has 0 fully saturated rings. The maximum Gasteiger partial charge on any atom is 0.137 e. The molecule has 0 aliphatic heterocycles. The highest BCUT2D eigenvalue weighted by atomic mass is 16.3. The van der Waals surface area contributed by atoms with Gasteiger partial charge in [0, 0.05) is 33.1 Å². The van der Waals surface area contributed by atoms with Crippen molar-refractivity contribution in [2.75, 3.05) is 4.90 Å². The number of para-hydroxylation sites is 4. The van der Waals surface area contributed by atoms with Crippen LogP contribution in [0.15, 0.2) is 259 Å². The molecule has 0 saturated heterocycles. The number of hydrogen-bond donors (Lipinski definition) is 0. The van der Waals surface area contributed by atoms with Gasteiger partial charge in [-0.2, -0.15) is 0 Å². The number of anilines is 3. The molecule has 314 valence electrons. The van der Waals surface area contributed by atoms with Crippen molar-refractivity contribution in [2.45, 2.75) is 0 Å². The van der Waals surface area contributed by atoms with E-state index >= 15 is 0 Å². The van der Waals surface area contributed by atoms with Crippen LogP contribution in [0.1, 0.15) is 0 Å². The van der Waals surface area contributed by atoms with E-state index in [0.717, 1.165) is 55.8 Å². The Hall–Kier alpha value is -8.92. The Balaban J connectivity index is 0.863. The van der Waals surface area contributed by atoms with Crippen LogP contribution in [0.5, 0.6) is 0 Å². The molecule has 0 aliphatic rings. The summed E-state index contributed by atoms with van der Waals surface area (Å²) in [6.45, 7) is 0. The lowest BCUT2D eigenvalue weighted by Crippen LogP contribution is -2.10. The lowest BCUT2D eigenvalue weighted by Gasteiger charge is -2.27. The van der Waals surface area contributed by atoms with Gasteiger partial charge in [-0.15, -0.1) is 0 Å². The summed E-state index contributed by atoms with van der Waals surface area (Å²) in [6, 6.07) is 91.9. The summed E-state index contributed by atoms with van der Waals surface area (Å²) in [5.74, 6) is 0. The number of furan rings is 1. The summed E-state index contributed by atoms with van der Waals surface area (Å²) in [5.41, 5.74) is 17.9. The van der Waals surface area contributed by atoms with E-state index in [2.05, 4.69) is 258 Å². The van der Waals surface area contributed by atoms with Crippen LogP contribution in [-0.4, -0.2) is 4.57 Å².